The van der Waals surface area contributed by atoms with Gasteiger partial charge < -0.3 is 10.1 Å². The molecule has 1 aromatic rings. The first kappa shape index (κ1) is 15.5. The van der Waals surface area contributed by atoms with Crippen molar-refractivity contribution in [2.24, 2.45) is 0 Å². The summed E-state index contributed by atoms with van der Waals surface area (Å²) in [6.45, 7) is 5.30. The highest BCUT2D eigenvalue weighted by Crippen LogP contribution is 2.24. The molecule has 0 radical (unpaired) electrons. The van der Waals surface area contributed by atoms with Gasteiger partial charge in [-0.25, -0.2) is 4.98 Å². The molecule has 0 aliphatic rings. The van der Waals surface area contributed by atoms with Crippen LogP contribution in [-0.2, 0) is 5.41 Å². The highest BCUT2D eigenvalue weighted by Gasteiger charge is 2.27. The zero-order valence-electron chi connectivity index (χ0n) is 11.4. The number of ether oxygens (including phenoxy) is 1. The Morgan fingerprint density at radius 1 is 1.21 bits per heavy atom. The number of nitrogens with zero attached hydrogens (tertiary/aromatic N) is 2. The van der Waals surface area contributed by atoms with Crippen LogP contribution in [0.2, 0.25) is 0 Å². The van der Waals surface area contributed by atoms with Crippen molar-refractivity contribution in [3.05, 3.63) is 11.9 Å². The molecule has 108 valence electrons. The van der Waals surface area contributed by atoms with Crippen molar-refractivity contribution in [2.75, 3.05) is 19.0 Å². The van der Waals surface area contributed by atoms with E-state index in [-0.39, 0.29) is 11.3 Å². The highest BCUT2D eigenvalue weighted by molar-refractivity contribution is 5.38. The normalized spacial score (nSPS) is 12.4. The van der Waals surface area contributed by atoms with Crippen LogP contribution in [0.25, 0.3) is 0 Å². The Morgan fingerprint density at radius 3 is 2.32 bits per heavy atom. The van der Waals surface area contributed by atoms with Gasteiger partial charge in [-0.1, -0.05) is 20.8 Å². The third kappa shape index (κ3) is 5.32. The lowest BCUT2D eigenvalue weighted by Gasteiger charge is -2.18. The molecule has 0 saturated carbocycles. The quantitative estimate of drug-likeness (QED) is 0.918. The molecule has 0 atom stereocenters. The maximum absolute atomic E-state index is 12.0. The number of anilines is 1. The molecule has 0 bridgehead atoms. The number of aromatic nitrogens is 2. The van der Waals surface area contributed by atoms with Crippen molar-refractivity contribution in [3.8, 4) is 5.88 Å². The van der Waals surface area contributed by atoms with E-state index < -0.39 is 19.2 Å². The van der Waals surface area contributed by atoms with E-state index in [4.69, 9.17) is 4.74 Å². The van der Waals surface area contributed by atoms with Crippen molar-refractivity contribution in [2.45, 2.75) is 38.8 Å². The predicted octanol–water partition coefficient (Wildman–Crippen LogP) is 3.15. The molecule has 0 unspecified atom stereocenters. The van der Waals surface area contributed by atoms with Crippen molar-refractivity contribution < 1.29 is 17.9 Å². The van der Waals surface area contributed by atoms with Gasteiger partial charge in [0, 0.05) is 18.5 Å². The number of hydrogen-bond donors (Lipinski definition) is 1. The maximum Gasteiger partial charge on any atom is 0.392 e. The van der Waals surface area contributed by atoms with E-state index in [1.54, 1.807) is 7.05 Å². The summed E-state index contributed by atoms with van der Waals surface area (Å²) < 4.78 is 41.2. The van der Waals surface area contributed by atoms with Gasteiger partial charge in [0.1, 0.15) is 11.6 Å². The van der Waals surface area contributed by atoms with Crippen LogP contribution in [-0.4, -0.2) is 29.8 Å². The Morgan fingerprint density at radius 2 is 1.84 bits per heavy atom. The van der Waals surface area contributed by atoms with Crippen LogP contribution >= 0.6 is 0 Å². The summed E-state index contributed by atoms with van der Waals surface area (Å²) >= 11 is 0. The molecular formula is C12H18F3N3O. The summed E-state index contributed by atoms with van der Waals surface area (Å²) in [6.07, 6.45) is -5.23. The fourth-order valence-corrected chi connectivity index (χ4v) is 1.23. The van der Waals surface area contributed by atoms with Gasteiger partial charge in [0.25, 0.3) is 0 Å². The minimum atomic E-state index is -4.23. The fraction of sp³-hybridized carbons (Fsp3) is 0.667. The number of halogens is 3. The molecule has 1 heterocycles. The highest BCUT2D eigenvalue weighted by atomic mass is 19.4. The smallest absolute Gasteiger partial charge is 0.392 e. The molecule has 7 heteroatoms. The molecular weight excluding hydrogens is 259 g/mol. The minimum Gasteiger partial charge on any atom is -0.477 e. The van der Waals surface area contributed by atoms with E-state index >= 15 is 0 Å². The molecule has 0 fully saturated rings. The summed E-state index contributed by atoms with van der Waals surface area (Å²) in [6, 6.07) is 1.48. The van der Waals surface area contributed by atoms with E-state index in [2.05, 4.69) is 15.3 Å². The average Bonchev–Trinajstić information content (AvgIpc) is 2.25. The third-order valence-corrected chi connectivity index (χ3v) is 2.27. The van der Waals surface area contributed by atoms with Crippen LogP contribution in [0.1, 0.15) is 33.0 Å². The Kier molecular flexibility index (Phi) is 4.60. The lowest BCUT2D eigenvalue weighted by atomic mass is 9.96. The van der Waals surface area contributed by atoms with Crippen LogP contribution < -0.4 is 10.1 Å². The molecule has 1 N–H and O–H groups in total. The molecule has 1 rings (SSSR count). The number of rotatable bonds is 4. The molecule has 0 aliphatic heterocycles. The lowest BCUT2D eigenvalue weighted by Crippen LogP contribution is -2.18. The van der Waals surface area contributed by atoms with Gasteiger partial charge in [0.15, 0.2) is 0 Å². The molecule has 0 saturated heterocycles. The zero-order chi connectivity index (χ0) is 14.7. The van der Waals surface area contributed by atoms with Crippen molar-refractivity contribution in [1.29, 1.82) is 0 Å². The Bertz CT molecular complexity index is 427. The van der Waals surface area contributed by atoms with Crippen LogP contribution in [0, 0.1) is 0 Å². The van der Waals surface area contributed by atoms with Gasteiger partial charge in [-0.15, -0.1) is 0 Å². The van der Waals surface area contributed by atoms with Gasteiger partial charge in [-0.2, -0.15) is 18.2 Å². The zero-order valence-corrected chi connectivity index (χ0v) is 11.4. The molecule has 4 nitrogen and oxygen atoms in total. The molecule has 0 aromatic carbocycles. The SMILES string of the molecule is CNc1cc(OCCC(F)(F)F)nc(C(C)(C)C)n1. The first-order valence-electron chi connectivity index (χ1n) is 5.89. The average molecular weight is 277 g/mol. The topological polar surface area (TPSA) is 47.0 Å². The third-order valence-electron chi connectivity index (χ3n) is 2.27. The van der Waals surface area contributed by atoms with Gasteiger partial charge in [0.2, 0.25) is 5.88 Å². The minimum absolute atomic E-state index is 0.147. The molecule has 1 aromatic heterocycles. The fourth-order valence-electron chi connectivity index (χ4n) is 1.23. The largest absolute Gasteiger partial charge is 0.477 e. The van der Waals surface area contributed by atoms with E-state index in [0.717, 1.165) is 0 Å². The summed E-state index contributed by atoms with van der Waals surface area (Å²) in [5.41, 5.74) is -0.311. The second kappa shape index (κ2) is 5.63. The Hall–Kier alpha value is -1.53. The van der Waals surface area contributed by atoms with E-state index in [9.17, 15) is 13.2 Å². The van der Waals surface area contributed by atoms with Crippen molar-refractivity contribution >= 4 is 5.82 Å². The number of alkyl halides is 3. The van der Waals surface area contributed by atoms with Gasteiger partial charge >= 0.3 is 6.18 Å². The van der Waals surface area contributed by atoms with Crippen LogP contribution in [0.4, 0.5) is 19.0 Å². The van der Waals surface area contributed by atoms with Crippen molar-refractivity contribution in [3.63, 3.8) is 0 Å². The molecule has 0 aliphatic carbocycles. The van der Waals surface area contributed by atoms with Crippen molar-refractivity contribution in [1.82, 2.24) is 9.97 Å². The van der Waals surface area contributed by atoms with Gasteiger partial charge in [0.05, 0.1) is 13.0 Å². The first-order valence-corrected chi connectivity index (χ1v) is 5.89. The standard InChI is InChI=1S/C12H18F3N3O/c1-11(2,3)10-17-8(16-4)7-9(18-10)19-6-5-12(13,14)15/h7H,5-6H2,1-4H3,(H,16,17,18). The molecule has 19 heavy (non-hydrogen) atoms. The second-order valence-electron chi connectivity index (χ2n) is 5.13. The summed E-state index contributed by atoms with van der Waals surface area (Å²) in [7, 11) is 1.67. The van der Waals surface area contributed by atoms with E-state index in [0.29, 0.717) is 11.6 Å². The Balaban J connectivity index is 2.83. The molecule has 0 amide bonds. The maximum atomic E-state index is 12.0. The van der Waals surface area contributed by atoms with Crippen LogP contribution in [0.15, 0.2) is 6.07 Å². The Labute approximate surface area is 110 Å². The van der Waals surface area contributed by atoms with Crippen LogP contribution in [0.5, 0.6) is 5.88 Å². The first-order chi connectivity index (χ1) is 8.62. The van der Waals surface area contributed by atoms with E-state index in [1.165, 1.54) is 6.07 Å². The van der Waals surface area contributed by atoms with Gasteiger partial charge in [-0.05, 0) is 0 Å². The number of nitrogens with one attached hydrogen (secondary N) is 1. The summed E-state index contributed by atoms with van der Waals surface area (Å²) in [5.74, 6) is 1.18. The van der Waals surface area contributed by atoms with E-state index in [1.807, 2.05) is 20.8 Å². The van der Waals surface area contributed by atoms with Crippen LogP contribution in [0.3, 0.4) is 0 Å². The predicted molar refractivity (Wildman–Crippen MR) is 66.4 cm³/mol. The summed E-state index contributed by atoms with van der Waals surface area (Å²) in [4.78, 5) is 8.39. The lowest BCUT2D eigenvalue weighted by molar-refractivity contribution is -0.139. The molecule has 0 spiro atoms. The van der Waals surface area contributed by atoms with Gasteiger partial charge in [-0.3, -0.25) is 0 Å². The second-order valence-corrected chi connectivity index (χ2v) is 5.13. The summed E-state index contributed by atoms with van der Waals surface area (Å²) in [5, 5.41) is 2.83. The number of hydrogen-bond acceptors (Lipinski definition) is 4. The monoisotopic (exact) mass is 277 g/mol.